The van der Waals surface area contributed by atoms with Crippen LogP contribution in [0.3, 0.4) is 0 Å². The van der Waals surface area contributed by atoms with E-state index in [1.165, 1.54) is 16.6 Å². The highest BCUT2D eigenvalue weighted by Crippen LogP contribution is 2.28. The summed E-state index contributed by atoms with van der Waals surface area (Å²) in [6, 6.07) is 14.3. The molecule has 1 N–H and O–H groups in total. The number of hydrogen-bond acceptors (Lipinski definition) is 7. The van der Waals surface area contributed by atoms with E-state index in [2.05, 4.69) is 20.0 Å². The third-order valence-electron chi connectivity index (χ3n) is 5.21. The molecule has 4 aromatic rings. The first-order valence-electron chi connectivity index (χ1n) is 11.2. The van der Waals surface area contributed by atoms with E-state index in [9.17, 15) is 12.8 Å². The minimum absolute atomic E-state index is 0.0204. The Hall–Kier alpha value is -3.57. The van der Waals surface area contributed by atoms with Crippen LogP contribution in [0.1, 0.15) is 32.3 Å². The molecule has 0 aliphatic carbocycles. The first kappa shape index (κ1) is 24.6. The quantitative estimate of drug-likeness (QED) is 0.331. The average molecular weight is 500 g/mol. The zero-order valence-electron chi connectivity index (χ0n) is 19.6. The van der Waals surface area contributed by atoms with Crippen molar-refractivity contribution in [2.24, 2.45) is 0 Å². The predicted octanol–water partition coefficient (Wildman–Crippen LogP) is 3.81. The lowest BCUT2D eigenvalue weighted by Gasteiger charge is -2.15. The summed E-state index contributed by atoms with van der Waals surface area (Å²) in [5, 5.41) is 12.5. The molecule has 0 aliphatic rings. The van der Waals surface area contributed by atoms with Crippen molar-refractivity contribution in [3.63, 3.8) is 0 Å². The molecular formula is C24H26FN5O4S. The van der Waals surface area contributed by atoms with Crippen LogP contribution in [-0.4, -0.2) is 48.0 Å². The van der Waals surface area contributed by atoms with Crippen LogP contribution in [0, 0.1) is 5.82 Å². The second-order valence-corrected chi connectivity index (χ2v) is 9.75. The fourth-order valence-electron chi connectivity index (χ4n) is 3.41. The van der Waals surface area contributed by atoms with Gasteiger partial charge >= 0.3 is 0 Å². The molecule has 0 atom stereocenters. The standard InChI is InChI=1S/C24H26FN5O4S/c1-4-33-20-10-7-18(16(2)3)15-21(20)35(31,32)26-13-14-34-23-12-11-22-27-28-24(30(22)29-23)17-5-8-19(25)9-6-17/h5-12,15-16,26H,4,13-14H2,1-3H3. The van der Waals surface area contributed by atoms with Crippen molar-refractivity contribution in [3.8, 4) is 23.0 Å². The Kier molecular flexibility index (Phi) is 7.27. The van der Waals surface area contributed by atoms with E-state index in [1.807, 2.05) is 19.9 Å². The molecule has 11 heteroatoms. The van der Waals surface area contributed by atoms with Crippen LogP contribution in [0.15, 0.2) is 59.5 Å². The number of nitrogens with one attached hydrogen (secondary N) is 1. The van der Waals surface area contributed by atoms with Gasteiger partial charge in [0.05, 0.1) is 6.61 Å². The molecule has 0 spiro atoms. The summed E-state index contributed by atoms with van der Waals surface area (Å²) in [4.78, 5) is 0.0959. The van der Waals surface area contributed by atoms with Crippen molar-refractivity contribution in [1.82, 2.24) is 24.5 Å². The monoisotopic (exact) mass is 499 g/mol. The smallest absolute Gasteiger partial charge is 0.244 e. The maximum absolute atomic E-state index is 13.3. The largest absolute Gasteiger partial charge is 0.492 e. The average Bonchev–Trinajstić information content (AvgIpc) is 3.26. The van der Waals surface area contributed by atoms with Gasteiger partial charge in [0.15, 0.2) is 11.5 Å². The molecule has 35 heavy (non-hydrogen) atoms. The minimum atomic E-state index is -3.83. The molecule has 9 nitrogen and oxygen atoms in total. The highest BCUT2D eigenvalue weighted by Gasteiger charge is 2.21. The molecule has 2 heterocycles. The van der Waals surface area contributed by atoms with Gasteiger partial charge in [-0.2, -0.15) is 4.52 Å². The fourth-order valence-corrected chi connectivity index (χ4v) is 4.60. The van der Waals surface area contributed by atoms with Gasteiger partial charge in [0.1, 0.15) is 23.1 Å². The van der Waals surface area contributed by atoms with Crippen LogP contribution in [0.2, 0.25) is 0 Å². The normalized spacial score (nSPS) is 11.8. The van der Waals surface area contributed by atoms with Crippen molar-refractivity contribution in [2.45, 2.75) is 31.6 Å². The molecular weight excluding hydrogens is 473 g/mol. The van der Waals surface area contributed by atoms with E-state index in [0.717, 1.165) is 5.56 Å². The van der Waals surface area contributed by atoms with E-state index in [1.54, 1.807) is 43.3 Å². The van der Waals surface area contributed by atoms with Crippen molar-refractivity contribution < 1.29 is 22.3 Å². The van der Waals surface area contributed by atoms with Gasteiger partial charge in [-0.15, -0.1) is 15.3 Å². The van der Waals surface area contributed by atoms with Crippen LogP contribution in [0.4, 0.5) is 4.39 Å². The van der Waals surface area contributed by atoms with Gasteiger partial charge in [-0.05, 0) is 60.9 Å². The van der Waals surface area contributed by atoms with Crippen molar-refractivity contribution in [1.29, 1.82) is 0 Å². The molecule has 0 radical (unpaired) electrons. The van der Waals surface area contributed by atoms with Gasteiger partial charge in [0, 0.05) is 18.2 Å². The summed E-state index contributed by atoms with van der Waals surface area (Å²) in [5.74, 6) is 0.808. The Balaban J connectivity index is 1.45. The van der Waals surface area contributed by atoms with Crippen molar-refractivity contribution in [2.75, 3.05) is 19.8 Å². The number of fused-ring (bicyclic) bond motifs is 1. The van der Waals surface area contributed by atoms with Gasteiger partial charge in [-0.3, -0.25) is 0 Å². The Bertz CT molecular complexity index is 1420. The summed E-state index contributed by atoms with van der Waals surface area (Å²) in [5.41, 5.74) is 2.03. The van der Waals surface area contributed by atoms with Crippen LogP contribution in [0.5, 0.6) is 11.6 Å². The Morgan fingerprint density at radius 2 is 1.80 bits per heavy atom. The van der Waals surface area contributed by atoms with Gasteiger partial charge in [0.2, 0.25) is 15.9 Å². The number of aromatic nitrogens is 4. The highest BCUT2D eigenvalue weighted by molar-refractivity contribution is 7.89. The lowest BCUT2D eigenvalue weighted by molar-refractivity contribution is 0.305. The van der Waals surface area contributed by atoms with Crippen LogP contribution in [0.25, 0.3) is 17.0 Å². The van der Waals surface area contributed by atoms with Gasteiger partial charge in [0.25, 0.3) is 0 Å². The number of nitrogens with zero attached hydrogens (tertiary/aromatic N) is 4. The molecule has 0 amide bonds. The van der Waals surface area contributed by atoms with E-state index in [-0.39, 0.29) is 35.7 Å². The molecule has 0 aliphatic heterocycles. The Morgan fingerprint density at radius 3 is 2.51 bits per heavy atom. The predicted molar refractivity (Wildman–Crippen MR) is 129 cm³/mol. The Labute approximate surface area is 203 Å². The lowest BCUT2D eigenvalue weighted by atomic mass is 10.0. The molecule has 0 saturated heterocycles. The van der Waals surface area contributed by atoms with Crippen LogP contribution < -0.4 is 14.2 Å². The molecule has 0 saturated carbocycles. The summed E-state index contributed by atoms with van der Waals surface area (Å²) in [6.07, 6.45) is 0. The topological polar surface area (TPSA) is 108 Å². The highest BCUT2D eigenvalue weighted by atomic mass is 32.2. The van der Waals surface area contributed by atoms with Gasteiger partial charge in [-0.1, -0.05) is 19.9 Å². The third kappa shape index (κ3) is 5.57. The van der Waals surface area contributed by atoms with Crippen LogP contribution in [-0.2, 0) is 10.0 Å². The number of halogens is 1. The number of rotatable bonds is 10. The van der Waals surface area contributed by atoms with E-state index < -0.39 is 10.0 Å². The summed E-state index contributed by atoms with van der Waals surface area (Å²) < 4.78 is 54.4. The van der Waals surface area contributed by atoms with Crippen molar-refractivity contribution >= 4 is 15.7 Å². The van der Waals surface area contributed by atoms with E-state index in [4.69, 9.17) is 9.47 Å². The second kappa shape index (κ2) is 10.4. The van der Waals surface area contributed by atoms with E-state index in [0.29, 0.717) is 29.4 Å². The maximum atomic E-state index is 13.3. The minimum Gasteiger partial charge on any atom is -0.492 e. The van der Waals surface area contributed by atoms with Gasteiger partial charge in [-0.25, -0.2) is 17.5 Å². The van der Waals surface area contributed by atoms with Crippen LogP contribution >= 0.6 is 0 Å². The number of hydrogen-bond donors (Lipinski definition) is 1. The summed E-state index contributed by atoms with van der Waals surface area (Å²) in [7, 11) is -3.83. The lowest BCUT2D eigenvalue weighted by Crippen LogP contribution is -2.29. The molecule has 2 aromatic heterocycles. The van der Waals surface area contributed by atoms with Gasteiger partial charge < -0.3 is 9.47 Å². The summed E-state index contributed by atoms with van der Waals surface area (Å²) >= 11 is 0. The molecule has 2 aromatic carbocycles. The second-order valence-electron chi connectivity index (χ2n) is 8.01. The number of benzene rings is 2. The maximum Gasteiger partial charge on any atom is 0.244 e. The first-order chi connectivity index (χ1) is 16.8. The number of ether oxygens (including phenoxy) is 2. The zero-order chi connectivity index (χ0) is 25.0. The van der Waals surface area contributed by atoms with E-state index >= 15 is 0 Å². The number of sulfonamides is 1. The Morgan fingerprint density at radius 1 is 1.03 bits per heavy atom. The third-order valence-corrected chi connectivity index (χ3v) is 6.69. The van der Waals surface area contributed by atoms with Crippen molar-refractivity contribution in [3.05, 3.63) is 66.0 Å². The molecule has 4 rings (SSSR count). The molecule has 0 bridgehead atoms. The molecule has 0 unspecified atom stereocenters. The zero-order valence-corrected chi connectivity index (χ0v) is 20.4. The molecule has 184 valence electrons. The first-order valence-corrected chi connectivity index (χ1v) is 12.6. The SMILES string of the molecule is CCOc1ccc(C(C)C)cc1S(=O)(=O)NCCOc1ccc2nnc(-c3ccc(F)cc3)n2n1. The fraction of sp³-hybridized carbons (Fsp3) is 0.292. The molecule has 0 fully saturated rings. The summed E-state index contributed by atoms with van der Waals surface area (Å²) in [6.45, 7) is 6.20.